The normalized spacial score (nSPS) is 11.0. The van der Waals surface area contributed by atoms with Crippen LogP contribution in [-0.2, 0) is 9.84 Å². The van der Waals surface area contributed by atoms with Gasteiger partial charge in [0.1, 0.15) is 21.3 Å². The van der Waals surface area contributed by atoms with E-state index in [2.05, 4.69) is 0 Å². The number of carbonyl (C=O) groups is 1. The molecule has 8 heteroatoms. The van der Waals surface area contributed by atoms with Crippen molar-refractivity contribution in [1.82, 2.24) is 4.90 Å². The molecule has 0 atom stereocenters. The van der Waals surface area contributed by atoms with Crippen molar-refractivity contribution < 1.29 is 22.7 Å². The molecule has 0 aliphatic heterocycles. The third-order valence-corrected chi connectivity index (χ3v) is 3.87. The average molecular weight is 316 g/mol. The highest BCUT2D eigenvalue weighted by Gasteiger charge is 2.20. The van der Waals surface area contributed by atoms with Crippen LogP contribution in [0.4, 0.5) is 5.69 Å². The number of sulfone groups is 1. The minimum Gasteiger partial charge on any atom is -0.497 e. The predicted molar refractivity (Wildman–Crippen MR) is 80.6 cm³/mol. The van der Waals surface area contributed by atoms with Gasteiger partial charge in [-0.2, -0.15) is 0 Å². The molecule has 7 nitrogen and oxygen atoms in total. The molecule has 1 amide bonds. The lowest BCUT2D eigenvalue weighted by Gasteiger charge is -2.19. The number of rotatable bonds is 6. The first kappa shape index (κ1) is 17.1. The second-order valence-electron chi connectivity index (χ2n) is 4.65. The van der Waals surface area contributed by atoms with Crippen LogP contribution in [0.1, 0.15) is 10.4 Å². The molecule has 0 fully saturated rings. The van der Waals surface area contributed by atoms with Crippen molar-refractivity contribution >= 4 is 21.4 Å². The summed E-state index contributed by atoms with van der Waals surface area (Å²) in [6.45, 7) is 0.0800. The molecule has 118 valence electrons. The van der Waals surface area contributed by atoms with Crippen molar-refractivity contribution in [1.29, 1.82) is 0 Å². The zero-order valence-electron chi connectivity index (χ0n) is 12.5. The van der Waals surface area contributed by atoms with E-state index in [-0.39, 0.29) is 23.5 Å². The Kier molecular flexibility index (Phi) is 5.42. The van der Waals surface area contributed by atoms with Gasteiger partial charge in [-0.15, -0.1) is 0 Å². The zero-order chi connectivity index (χ0) is 16.2. The summed E-state index contributed by atoms with van der Waals surface area (Å²) in [5.74, 6) is 0.249. The zero-order valence-corrected chi connectivity index (χ0v) is 13.4. The van der Waals surface area contributed by atoms with Crippen LogP contribution in [0.25, 0.3) is 0 Å². The molecule has 21 heavy (non-hydrogen) atoms. The van der Waals surface area contributed by atoms with Crippen molar-refractivity contribution in [3.63, 3.8) is 0 Å². The van der Waals surface area contributed by atoms with Gasteiger partial charge in [-0.25, -0.2) is 8.42 Å². The summed E-state index contributed by atoms with van der Waals surface area (Å²) < 4.78 is 32.5. The van der Waals surface area contributed by atoms with Gasteiger partial charge >= 0.3 is 0 Å². The second-order valence-corrected chi connectivity index (χ2v) is 6.91. The Bertz CT molecular complexity index is 628. The smallest absolute Gasteiger partial charge is 0.255 e. The van der Waals surface area contributed by atoms with Crippen LogP contribution >= 0.6 is 0 Å². The van der Waals surface area contributed by atoms with Crippen LogP contribution in [0.15, 0.2) is 12.1 Å². The van der Waals surface area contributed by atoms with Crippen molar-refractivity contribution in [2.45, 2.75) is 0 Å². The molecule has 0 saturated carbocycles. The monoisotopic (exact) mass is 316 g/mol. The van der Waals surface area contributed by atoms with Crippen LogP contribution in [-0.4, -0.2) is 59.0 Å². The molecule has 0 aliphatic carbocycles. The average Bonchev–Trinajstić information content (AvgIpc) is 2.43. The van der Waals surface area contributed by atoms with Gasteiger partial charge in [0.05, 0.1) is 31.2 Å². The first-order valence-electron chi connectivity index (χ1n) is 6.14. The minimum atomic E-state index is -3.15. The third-order valence-electron chi connectivity index (χ3n) is 2.95. The van der Waals surface area contributed by atoms with E-state index < -0.39 is 15.7 Å². The first-order chi connectivity index (χ1) is 9.69. The summed E-state index contributed by atoms with van der Waals surface area (Å²) in [4.78, 5) is 13.7. The van der Waals surface area contributed by atoms with E-state index in [0.717, 1.165) is 6.26 Å². The molecule has 1 aromatic carbocycles. The number of nitrogens with zero attached hydrogens (tertiary/aromatic N) is 1. The van der Waals surface area contributed by atoms with Gasteiger partial charge in [0.25, 0.3) is 5.91 Å². The number of anilines is 1. The Hall–Kier alpha value is -1.96. The standard InChI is InChI=1S/C13H20N2O5S/c1-15(5-6-21(4,17)18)13(16)10-7-9(19-2)8-11(20-3)12(10)14/h7-8H,5-6,14H2,1-4H3. The van der Waals surface area contributed by atoms with Gasteiger partial charge in [-0.05, 0) is 6.07 Å². The van der Waals surface area contributed by atoms with E-state index in [1.54, 1.807) is 6.07 Å². The fraction of sp³-hybridized carbons (Fsp3) is 0.462. The topological polar surface area (TPSA) is 98.9 Å². The van der Waals surface area contributed by atoms with E-state index in [0.29, 0.717) is 11.5 Å². The number of carbonyl (C=O) groups excluding carboxylic acids is 1. The van der Waals surface area contributed by atoms with Crippen LogP contribution in [0.5, 0.6) is 11.5 Å². The van der Waals surface area contributed by atoms with Crippen LogP contribution in [0, 0.1) is 0 Å². The highest BCUT2D eigenvalue weighted by Crippen LogP contribution is 2.31. The second kappa shape index (κ2) is 6.66. The molecule has 0 saturated heterocycles. The maximum atomic E-state index is 12.4. The van der Waals surface area contributed by atoms with E-state index in [4.69, 9.17) is 15.2 Å². The van der Waals surface area contributed by atoms with E-state index in [1.807, 2.05) is 0 Å². The van der Waals surface area contributed by atoms with Gasteiger partial charge in [0, 0.05) is 25.9 Å². The van der Waals surface area contributed by atoms with Gasteiger partial charge in [0.2, 0.25) is 0 Å². The first-order valence-corrected chi connectivity index (χ1v) is 8.20. The van der Waals surface area contributed by atoms with E-state index >= 15 is 0 Å². The number of hydrogen-bond acceptors (Lipinski definition) is 6. The molecule has 0 heterocycles. The van der Waals surface area contributed by atoms with Gasteiger partial charge in [0.15, 0.2) is 0 Å². The fourth-order valence-corrected chi connectivity index (χ4v) is 2.28. The number of amides is 1. The van der Waals surface area contributed by atoms with Crippen molar-refractivity contribution in [2.24, 2.45) is 0 Å². The molecule has 0 spiro atoms. The molecule has 1 rings (SSSR count). The van der Waals surface area contributed by atoms with Gasteiger partial charge in [-0.1, -0.05) is 0 Å². The molecular formula is C13H20N2O5S. The molecule has 0 aromatic heterocycles. The van der Waals surface area contributed by atoms with Crippen LogP contribution < -0.4 is 15.2 Å². The summed E-state index contributed by atoms with van der Waals surface area (Å²) in [7, 11) is 1.27. The lowest BCUT2D eigenvalue weighted by molar-refractivity contribution is 0.0804. The van der Waals surface area contributed by atoms with Crippen molar-refractivity contribution in [3.8, 4) is 11.5 Å². The Balaban J connectivity index is 3.06. The summed E-state index contributed by atoms with van der Waals surface area (Å²) in [6, 6.07) is 3.07. The Morgan fingerprint density at radius 2 is 1.90 bits per heavy atom. The highest BCUT2D eigenvalue weighted by molar-refractivity contribution is 7.90. The third kappa shape index (κ3) is 4.52. The maximum absolute atomic E-state index is 12.4. The summed E-state index contributed by atoms with van der Waals surface area (Å²) in [5.41, 5.74) is 6.29. The number of nitrogens with two attached hydrogens (primary N) is 1. The number of hydrogen-bond donors (Lipinski definition) is 1. The fourth-order valence-electron chi connectivity index (χ4n) is 1.67. The Morgan fingerprint density at radius 3 is 2.38 bits per heavy atom. The van der Waals surface area contributed by atoms with Gasteiger partial charge in [-0.3, -0.25) is 4.79 Å². The minimum absolute atomic E-state index is 0.0800. The number of ether oxygens (including phenoxy) is 2. The van der Waals surface area contributed by atoms with Crippen molar-refractivity contribution in [2.75, 3.05) is 45.6 Å². The Morgan fingerprint density at radius 1 is 1.29 bits per heavy atom. The quantitative estimate of drug-likeness (QED) is 0.763. The molecule has 0 radical (unpaired) electrons. The molecule has 2 N–H and O–H groups in total. The number of benzene rings is 1. The molecule has 0 aliphatic rings. The molecule has 1 aromatic rings. The summed E-state index contributed by atoms with van der Waals surface area (Å²) >= 11 is 0. The SMILES string of the molecule is COc1cc(OC)c(N)c(C(=O)N(C)CCS(C)(=O)=O)c1. The highest BCUT2D eigenvalue weighted by atomic mass is 32.2. The number of nitrogen functional groups attached to an aromatic ring is 1. The molecular weight excluding hydrogens is 296 g/mol. The van der Waals surface area contributed by atoms with E-state index in [1.165, 1.54) is 32.2 Å². The van der Waals surface area contributed by atoms with Crippen LogP contribution in [0.3, 0.4) is 0 Å². The lowest BCUT2D eigenvalue weighted by atomic mass is 10.1. The summed E-state index contributed by atoms with van der Waals surface area (Å²) in [6.07, 6.45) is 1.12. The lowest BCUT2D eigenvalue weighted by Crippen LogP contribution is -2.32. The molecule has 0 unspecified atom stereocenters. The molecule has 0 bridgehead atoms. The maximum Gasteiger partial charge on any atom is 0.255 e. The van der Waals surface area contributed by atoms with Gasteiger partial charge < -0.3 is 20.1 Å². The predicted octanol–water partition coefficient (Wildman–Crippen LogP) is 0.403. The summed E-state index contributed by atoms with van der Waals surface area (Å²) in [5, 5.41) is 0. The number of methoxy groups -OCH3 is 2. The van der Waals surface area contributed by atoms with Crippen molar-refractivity contribution in [3.05, 3.63) is 17.7 Å². The van der Waals surface area contributed by atoms with Crippen LogP contribution in [0.2, 0.25) is 0 Å². The Labute approximate surface area is 124 Å². The largest absolute Gasteiger partial charge is 0.497 e. The van der Waals surface area contributed by atoms with E-state index in [9.17, 15) is 13.2 Å².